The van der Waals surface area contributed by atoms with Gasteiger partial charge in [0, 0.05) is 0 Å². The van der Waals surface area contributed by atoms with E-state index in [0.29, 0.717) is 0 Å². The van der Waals surface area contributed by atoms with Crippen LogP contribution in [-0.4, -0.2) is 5.54 Å². The average molecular weight is 303 g/mol. The van der Waals surface area contributed by atoms with Crippen LogP contribution in [0.4, 0.5) is 0 Å². The van der Waals surface area contributed by atoms with Crippen LogP contribution in [0, 0.1) is 0 Å². The van der Waals surface area contributed by atoms with Crippen LogP contribution in [0.15, 0.2) is 0 Å². The minimum Gasteiger partial charge on any atom is -1.00 e. The summed E-state index contributed by atoms with van der Waals surface area (Å²) in [6.45, 7) is 5.84. The van der Waals surface area contributed by atoms with Crippen molar-refractivity contribution in [1.29, 1.82) is 0 Å². The van der Waals surface area contributed by atoms with E-state index in [9.17, 15) is 0 Å². The molecule has 0 heterocycles. The molecule has 0 aromatic rings. The van der Waals surface area contributed by atoms with Gasteiger partial charge in [0.15, 0.2) is 0 Å². The van der Waals surface area contributed by atoms with Gasteiger partial charge in [0.2, 0.25) is 0 Å². The minimum atomic E-state index is -0.208. The molecule has 1 nitrogen and oxygen atoms in total. The van der Waals surface area contributed by atoms with Crippen molar-refractivity contribution in [3.05, 3.63) is 5.73 Å². The zero-order valence-electron chi connectivity index (χ0n) is 5.53. The number of hydrogen-bond donors (Lipinski definition) is 0. The maximum atomic E-state index is 7.18. The summed E-state index contributed by atoms with van der Waals surface area (Å²) in [6.07, 6.45) is 0.938. The molecule has 0 aromatic heterocycles. The Labute approximate surface area is 73.3 Å². The van der Waals surface area contributed by atoms with Crippen LogP contribution in [0.25, 0.3) is 5.73 Å². The van der Waals surface area contributed by atoms with Gasteiger partial charge in [-0.05, 0) is 0 Å². The number of halogens is 1. The molecule has 0 amide bonds. The predicted molar refractivity (Wildman–Crippen MR) is 28.7 cm³/mol. The Morgan fingerprint density at radius 3 is 1.50 bits per heavy atom. The first kappa shape index (κ1) is 16.0. The molecule has 0 fully saturated rings. The third-order valence-electron chi connectivity index (χ3n) is 0.884. The Morgan fingerprint density at radius 2 is 1.50 bits per heavy atom. The molecule has 0 spiro atoms. The quantitative estimate of drug-likeness (QED) is 0.607. The number of nitrogens with one attached hydrogen (secondary N) is 1. The first-order valence-electron chi connectivity index (χ1n) is 2.31. The van der Waals surface area contributed by atoms with Crippen LogP contribution in [0.1, 0.15) is 27.2 Å². The van der Waals surface area contributed by atoms with Crippen molar-refractivity contribution in [3.8, 4) is 0 Å². The summed E-state index contributed by atoms with van der Waals surface area (Å²) in [5, 5.41) is 0. The standard InChI is InChI=1S/C5H12N.ClH.Ta/c1-4-5(2,3)6;;/h6H,4H2,1-3H3;1H;/q-1;;+5/p-1. The third kappa shape index (κ3) is 15.8. The summed E-state index contributed by atoms with van der Waals surface area (Å²) in [5.74, 6) is 0. The van der Waals surface area contributed by atoms with E-state index in [-0.39, 0.29) is 40.3 Å². The van der Waals surface area contributed by atoms with Crippen molar-refractivity contribution >= 4 is 0 Å². The Morgan fingerprint density at radius 1 is 1.38 bits per heavy atom. The predicted octanol–water partition coefficient (Wildman–Crippen LogP) is -0.771. The Balaban J connectivity index is -0.000000125. The van der Waals surface area contributed by atoms with E-state index in [1.165, 1.54) is 0 Å². The minimum absolute atomic E-state index is 0. The van der Waals surface area contributed by atoms with Gasteiger partial charge in [-0.15, -0.1) is 5.54 Å². The molecule has 46 valence electrons. The molecule has 0 aromatic carbocycles. The topological polar surface area (TPSA) is 23.8 Å². The van der Waals surface area contributed by atoms with Gasteiger partial charge in [-0.3, -0.25) is 0 Å². The summed E-state index contributed by atoms with van der Waals surface area (Å²) in [6, 6.07) is 0. The average Bonchev–Trinajstić information content (AvgIpc) is 1.35. The van der Waals surface area contributed by atoms with Crippen LogP contribution in [0.3, 0.4) is 0 Å². The van der Waals surface area contributed by atoms with Crippen molar-refractivity contribution in [1.82, 2.24) is 0 Å². The van der Waals surface area contributed by atoms with E-state index in [4.69, 9.17) is 5.73 Å². The zero-order chi connectivity index (χ0) is 5.21. The number of rotatable bonds is 1. The van der Waals surface area contributed by atoms with Crippen LogP contribution in [0.2, 0.25) is 0 Å². The molecule has 0 atom stereocenters. The Kier molecular flexibility index (Phi) is 12.2. The summed E-state index contributed by atoms with van der Waals surface area (Å²) >= 11 is 0. The van der Waals surface area contributed by atoms with Crippen molar-refractivity contribution in [2.45, 2.75) is 32.7 Å². The second-order valence-corrected chi connectivity index (χ2v) is 2.24. The van der Waals surface area contributed by atoms with Crippen LogP contribution in [0.5, 0.6) is 0 Å². The molecule has 0 radical (unpaired) electrons. The van der Waals surface area contributed by atoms with Gasteiger partial charge in [0.25, 0.3) is 0 Å². The fraction of sp³-hybridized carbons (Fsp3) is 1.00. The van der Waals surface area contributed by atoms with Crippen molar-refractivity contribution < 1.29 is 34.8 Å². The van der Waals surface area contributed by atoms with Gasteiger partial charge in [0.1, 0.15) is 0 Å². The molecule has 8 heavy (non-hydrogen) atoms. The van der Waals surface area contributed by atoms with Gasteiger partial charge < -0.3 is 18.1 Å². The van der Waals surface area contributed by atoms with Crippen LogP contribution >= 0.6 is 0 Å². The molecule has 0 unspecified atom stereocenters. The summed E-state index contributed by atoms with van der Waals surface area (Å²) in [5.41, 5.74) is 6.97. The van der Waals surface area contributed by atoms with Gasteiger partial charge in [-0.1, -0.05) is 27.2 Å². The van der Waals surface area contributed by atoms with Gasteiger partial charge in [-0.2, -0.15) is 0 Å². The third-order valence-corrected chi connectivity index (χ3v) is 0.884. The monoisotopic (exact) mass is 302 g/mol. The van der Waals surface area contributed by atoms with Crippen molar-refractivity contribution in [2.75, 3.05) is 0 Å². The smallest absolute Gasteiger partial charge is 1.00 e. The first-order valence-corrected chi connectivity index (χ1v) is 2.31. The van der Waals surface area contributed by atoms with E-state index in [1.807, 2.05) is 20.8 Å². The second-order valence-electron chi connectivity index (χ2n) is 2.24. The van der Waals surface area contributed by atoms with E-state index >= 15 is 0 Å². The summed E-state index contributed by atoms with van der Waals surface area (Å²) in [4.78, 5) is 0. The molecule has 0 rings (SSSR count). The van der Waals surface area contributed by atoms with Crippen molar-refractivity contribution in [2.24, 2.45) is 0 Å². The molecule has 0 saturated heterocycles. The SMILES string of the molecule is CCC(C)(C)[NH-].[Cl-].[Ta+5]. The van der Waals surface area contributed by atoms with Crippen molar-refractivity contribution in [3.63, 3.8) is 0 Å². The Bertz CT molecular complexity index is 42.2. The number of hydrogen-bond acceptors (Lipinski definition) is 0. The largest absolute Gasteiger partial charge is 5.00 e. The maximum absolute atomic E-state index is 7.18. The fourth-order valence-electron chi connectivity index (χ4n) is 0. The molecule has 0 aliphatic carbocycles. The van der Waals surface area contributed by atoms with E-state index < -0.39 is 0 Å². The fourth-order valence-corrected chi connectivity index (χ4v) is 0. The molecule has 1 N–H and O–H groups in total. The van der Waals surface area contributed by atoms with Gasteiger partial charge in [-0.25, -0.2) is 0 Å². The molecule has 3 heteroatoms. The second kappa shape index (κ2) is 6.12. The maximum Gasteiger partial charge on any atom is 5.00 e. The van der Waals surface area contributed by atoms with Gasteiger partial charge >= 0.3 is 22.4 Å². The first-order chi connectivity index (χ1) is 2.56. The molecular formula is C5H12ClNTa+3. The van der Waals surface area contributed by atoms with E-state index in [2.05, 4.69) is 0 Å². The molecular weight excluding hydrogens is 290 g/mol. The Hall–Kier alpha value is 0.990. The van der Waals surface area contributed by atoms with E-state index in [0.717, 1.165) is 6.42 Å². The normalized spacial score (nSPS) is 9.00. The molecule has 0 bridgehead atoms. The summed E-state index contributed by atoms with van der Waals surface area (Å²) in [7, 11) is 0. The molecule has 0 aliphatic rings. The van der Waals surface area contributed by atoms with E-state index in [1.54, 1.807) is 0 Å². The summed E-state index contributed by atoms with van der Waals surface area (Å²) < 4.78 is 0. The molecule has 0 saturated carbocycles. The molecule has 0 aliphatic heterocycles. The van der Waals surface area contributed by atoms with Crippen LogP contribution < -0.4 is 12.4 Å². The van der Waals surface area contributed by atoms with Crippen LogP contribution in [-0.2, 0) is 22.4 Å². The van der Waals surface area contributed by atoms with Gasteiger partial charge in [0.05, 0.1) is 0 Å². The zero-order valence-corrected chi connectivity index (χ0v) is 9.50.